The van der Waals surface area contributed by atoms with E-state index in [1.807, 2.05) is 0 Å². The highest BCUT2D eigenvalue weighted by Gasteiger charge is 2.33. The van der Waals surface area contributed by atoms with Gasteiger partial charge in [-0.2, -0.15) is 0 Å². The standard InChI is InChI=1S/C19H22BrN/c1-13-3-5-16(6-4-13)19(17-7-8-17)21-14(2)15-9-11-18(20)12-10-15/h3-6,9-12,14,17,19,21H,7-8H2,1-2H3/t14-,19?/m1/s1. The molecular weight excluding hydrogens is 322 g/mol. The molecule has 1 aliphatic rings. The lowest BCUT2D eigenvalue weighted by molar-refractivity contribution is 0.427. The molecule has 0 heterocycles. The lowest BCUT2D eigenvalue weighted by Gasteiger charge is -2.24. The Balaban J connectivity index is 1.76. The minimum atomic E-state index is 0.366. The van der Waals surface area contributed by atoms with Crippen LogP contribution in [0.15, 0.2) is 53.0 Å². The highest BCUT2D eigenvalue weighted by molar-refractivity contribution is 9.10. The molecule has 2 aromatic carbocycles. The molecule has 110 valence electrons. The zero-order valence-electron chi connectivity index (χ0n) is 12.6. The number of halogens is 1. The van der Waals surface area contributed by atoms with Gasteiger partial charge in [-0.1, -0.05) is 57.9 Å². The first kappa shape index (κ1) is 14.8. The van der Waals surface area contributed by atoms with Gasteiger partial charge in [0, 0.05) is 16.6 Å². The van der Waals surface area contributed by atoms with Gasteiger partial charge in [0.05, 0.1) is 0 Å². The molecule has 0 aromatic heterocycles. The van der Waals surface area contributed by atoms with E-state index in [0.717, 1.165) is 10.4 Å². The quantitative estimate of drug-likeness (QED) is 0.749. The molecule has 2 atom stereocenters. The molecule has 0 bridgehead atoms. The van der Waals surface area contributed by atoms with Crippen molar-refractivity contribution < 1.29 is 0 Å². The van der Waals surface area contributed by atoms with Crippen molar-refractivity contribution >= 4 is 15.9 Å². The average molecular weight is 344 g/mol. The van der Waals surface area contributed by atoms with E-state index in [-0.39, 0.29) is 0 Å². The van der Waals surface area contributed by atoms with Gasteiger partial charge in [0.25, 0.3) is 0 Å². The van der Waals surface area contributed by atoms with Crippen molar-refractivity contribution in [3.63, 3.8) is 0 Å². The average Bonchev–Trinajstić information content (AvgIpc) is 3.31. The van der Waals surface area contributed by atoms with Gasteiger partial charge in [0.15, 0.2) is 0 Å². The molecule has 0 radical (unpaired) electrons. The molecule has 1 nitrogen and oxygen atoms in total. The molecule has 1 aliphatic carbocycles. The Kier molecular flexibility index (Phi) is 4.46. The van der Waals surface area contributed by atoms with E-state index in [0.29, 0.717) is 12.1 Å². The van der Waals surface area contributed by atoms with E-state index < -0.39 is 0 Å². The van der Waals surface area contributed by atoms with Gasteiger partial charge in [-0.3, -0.25) is 0 Å². The molecule has 0 saturated heterocycles. The topological polar surface area (TPSA) is 12.0 Å². The van der Waals surface area contributed by atoms with Gasteiger partial charge in [-0.15, -0.1) is 0 Å². The smallest absolute Gasteiger partial charge is 0.0353 e. The van der Waals surface area contributed by atoms with Crippen molar-refractivity contribution in [1.82, 2.24) is 5.32 Å². The van der Waals surface area contributed by atoms with Gasteiger partial charge >= 0.3 is 0 Å². The first-order chi connectivity index (χ1) is 10.1. The lowest BCUT2D eigenvalue weighted by Crippen LogP contribution is -2.26. The van der Waals surface area contributed by atoms with E-state index in [4.69, 9.17) is 0 Å². The normalized spacial score (nSPS) is 17.5. The zero-order valence-corrected chi connectivity index (χ0v) is 14.2. The van der Waals surface area contributed by atoms with Gasteiger partial charge in [0.2, 0.25) is 0 Å². The first-order valence-corrected chi connectivity index (χ1v) is 8.51. The molecule has 1 saturated carbocycles. The molecule has 21 heavy (non-hydrogen) atoms. The minimum absolute atomic E-state index is 0.366. The van der Waals surface area contributed by atoms with Crippen molar-refractivity contribution in [3.05, 3.63) is 69.7 Å². The van der Waals surface area contributed by atoms with Crippen LogP contribution in [0.3, 0.4) is 0 Å². The number of rotatable bonds is 5. The van der Waals surface area contributed by atoms with Gasteiger partial charge in [0.1, 0.15) is 0 Å². The van der Waals surface area contributed by atoms with Crippen LogP contribution < -0.4 is 5.32 Å². The predicted molar refractivity (Wildman–Crippen MR) is 92.3 cm³/mol. The fourth-order valence-corrected chi connectivity index (χ4v) is 3.09. The van der Waals surface area contributed by atoms with Crippen LogP contribution in [0.4, 0.5) is 0 Å². The highest BCUT2D eigenvalue weighted by Crippen LogP contribution is 2.42. The number of benzene rings is 2. The number of hydrogen-bond donors (Lipinski definition) is 1. The molecule has 1 fully saturated rings. The van der Waals surface area contributed by atoms with E-state index in [1.54, 1.807) is 0 Å². The third-order valence-corrected chi connectivity index (χ3v) is 4.86. The van der Waals surface area contributed by atoms with E-state index in [2.05, 4.69) is 83.6 Å². The Morgan fingerprint density at radius 2 is 1.52 bits per heavy atom. The maximum atomic E-state index is 3.84. The monoisotopic (exact) mass is 343 g/mol. The summed E-state index contributed by atoms with van der Waals surface area (Å²) in [4.78, 5) is 0. The van der Waals surface area contributed by atoms with Crippen molar-refractivity contribution in [2.45, 2.75) is 38.8 Å². The summed E-state index contributed by atoms with van der Waals surface area (Å²) in [6.07, 6.45) is 2.69. The second-order valence-corrected chi connectivity index (χ2v) is 7.08. The highest BCUT2D eigenvalue weighted by atomic mass is 79.9. The summed E-state index contributed by atoms with van der Waals surface area (Å²) in [6.45, 7) is 4.40. The van der Waals surface area contributed by atoms with Gasteiger partial charge in [-0.05, 0) is 55.9 Å². The van der Waals surface area contributed by atoms with Crippen LogP contribution in [-0.4, -0.2) is 0 Å². The molecule has 1 N–H and O–H groups in total. The van der Waals surface area contributed by atoms with E-state index in [9.17, 15) is 0 Å². The lowest BCUT2D eigenvalue weighted by atomic mass is 9.98. The molecule has 1 unspecified atom stereocenters. The summed E-state index contributed by atoms with van der Waals surface area (Å²) in [6, 6.07) is 18.5. The van der Waals surface area contributed by atoms with Crippen molar-refractivity contribution in [2.75, 3.05) is 0 Å². The molecule has 3 rings (SSSR count). The van der Waals surface area contributed by atoms with Crippen LogP contribution in [-0.2, 0) is 0 Å². The van der Waals surface area contributed by atoms with Gasteiger partial charge < -0.3 is 5.32 Å². The third-order valence-electron chi connectivity index (χ3n) is 4.33. The maximum Gasteiger partial charge on any atom is 0.0353 e. The maximum absolute atomic E-state index is 3.84. The molecule has 0 spiro atoms. The minimum Gasteiger partial charge on any atom is -0.303 e. The Hall–Kier alpha value is -1.12. The predicted octanol–water partition coefficient (Wildman–Crippen LogP) is 5.56. The summed E-state index contributed by atoms with van der Waals surface area (Å²) in [5.74, 6) is 0.797. The Morgan fingerprint density at radius 1 is 0.952 bits per heavy atom. The van der Waals surface area contributed by atoms with Crippen LogP contribution in [0.1, 0.15) is 48.5 Å². The van der Waals surface area contributed by atoms with Crippen molar-refractivity contribution in [3.8, 4) is 0 Å². The first-order valence-electron chi connectivity index (χ1n) is 7.71. The van der Waals surface area contributed by atoms with E-state index in [1.165, 1.54) is 29.5 Å². The fraction of sp³-hybridized carbons (Fsp3) is 0.368. The fourth-order valence-electron chi connectivity index (χ4n) is 2.82. The van der Waals surface area contributed by atoms with Crippen LogP contribution in [0.5, 0.6) is 0 Å². The molecule has 0 aliphatic heterocycles. The van der Waals surface area contributed by atoms with E-state index >= 15 is 0 Å². The summed E-state index contributed by atoms with van der Waals surface area (Å²) in [7, 11) is 0. The second kappa shape index (κ2) is 6.33. The number of aryl methyl sites for hydroxylation is 1. The Morgan fingerprint density at radius 3 is 2.10 bits per heavy atom. The summed E-state index contributed by atoms with van der Waals surface area (Å²) in [5.41, 5.74) is 4.09. The van der Waals surface area contributed by atoms with Crippen LogP contribution in [0.2, 0.25) is 0 Å². The summed E-state index contributed by atoms with van der Waals surface area (Å²) < 4.78 is 1.13. The summed E-state index contributed by atoms with van der Waals surface area (Å²) in [5, 5.41) is 3.84. The summed E-state index contributed by atoms with van der Waals surface area (Å²) >= 11 is 3.50. The molecule has 2 aromatic rings. The zero-order chi connectivity index (χ0) is 14.8. The molecule has 2 heteroatoms. The van der Waals surface area contributed by atoms with Crippen molar-refractivity contribution in [1.29, 1.82) is 0 Å². The number of nitrogens with one attached hydrogen (secondary N) is 1. The Bertz CT molecular complexity index is 584. The second-order valence-electron chi connectivity index (χ2n) is 6.17. The SMILES string of the molecule is Cc1ccc(C(N[C@H](C)c2ccc(Br)cc2)C2CC2)cc1. The third kappa shape index (κ3) is 3.75. The Labute approximate surface area is 135 Å². The van der Waals surface area contributed by atoms with Crippen LogP contribution >= 0.6 is 15.9 Å². The number of hydrogen-bond acceptors (Lipinski definition) is 1. The van der Waals surface area contributed by atoms with Crippen molar-refractivity contribution in [2.24, 2.45) is 5.92 Å². The van der Waals surface area contributed by atoms with Crippen LogP contribution in [0.25, 0.3) is 0 Å². The molecular formula is C19H22BrN. The van der Waals surface area contributed by atoms with Gasteiger partial charge in [-0.25, -0.2) is 0 Å². The largest absolute Gasteiger partial charge is 0.303 e. The van der Waals surface area contributed by atoms with Crippen LogP contribution in [0, 0.1) is 12.8 Å². The molecule has 0 amide bonds.